The van der Waals surface area contributed by atoms with Crippen LogP contribution in [0.4, 0.5) is 0 Å². The van der Waals surface area contributed by atoms with E-state index in [1.54, 1.807) is 0 Å². The first-order chi connectivity index (χ1) is 2.91. The quantitative estimate of drug-likeness (QED) is 0.309. The monoisotopic (exact) mass is 147 g/mol. The molecule has 0 aliphatic rings. The van der Waals surface area contributed by atoms with Crippen molar-refractivity contribution in [1.29, 1.82) is 0 Å². The van der Waals surface area contributed by atoms with E-state index < -0.39 is 0 Å². The molecule has 0 aromatic rings. The zero-order chi connectivity index (χ0) is 4.83. The predicted molar refractivity (Wildman–Crippen MR) is 20.6 cm³/mol. The first-order valence-corrected chi connectivity index (χ1v) is 1.25. The van der Waals surface area contributed by atoms with Crippen LogP contribution < -0.4 is 0 Å². The van der Waals surface area contributed by atoms with Gasteiger partial charge < -0.3 is 10.4 Å². The molecule has 0 fully saturated rings. The Kier molecular flexibility index (Phi) is 12.5. The van der Waals surface area contributed by atoms with Crippen LogP contribution in [0.25, 0.3) is 0 Å². The number of oxime groups is 2. The van der Waals surface area contributed by atoms with Crippen LogP contribution in [-0.4, -0.2) is 22.8 Å². The van der Waals surface area contributed by atoms with Gasteiger partial charge in [0.15, 0.2) is 0 Å². The number of hydrogen-bond acceptors (Lipinski definition) is 4. The third-order valence-corrected chi connectivity index (χ3v) is 0.200. The molecule has 0 rings (SSSR count). The summed E-state index contributed by atoms with van der Waals surface area (Å²) in [7, 11) is 0. The van der Waals surface area contributed by atoms with Gasteiger partial charge in [-0.15, -0.1) is 0 Å². The summed E-state index contributed by atoms with van der Waals surface area (Å²) < 4.78 is 0. The van der Waals surface area contributed by atoms with Crippen molar-refractivity contribution in [3.8, 4) is 0 Å². The van der Waals surface area contributed by atoms with Gasteiger partial charge in [0.05, 0.1) is 12.4 Å². The Labute approximate surface area is 50.7 Å². The standard InChI is InChI=1S/C2H4N2O2.Co/c5-3-1-2-4-6;/h1-2,5-6H;. The van der Waals surface area contributed by atoms with Crippen LogP contribution in [0.3, 0.4) is 0 Å². The Bertz CT molecular complexity index is 62.1. The zero-order valence-electron chi connectivity index (χ0n) is 3.28. The maximum absolute atomic E-state index is 7.56. The third kappa shape index (κ3) is 10.8. The molecule has 0 atom stereocenters. The number of nitrogens with zero attached hydrogens (tertiary/aromatic N) is 2. The molecule has 0 saturated heterocycles. The van der Waals surface area contributed by atoms with Crippen molar-refractivity contribution in [3.05, 3.63) is 0 Å². The second-order valence-corrected chi connectivity index (χ2v) is 0.529. The molecular formula is C2H4CoN2O2. The van der Waals surface area contributed by atoms with Crippen molar-refractivity contribution in [2.75, 3.05) is 0 Å². The van der Waals surface area contributed by atoms with Crippen LogP contribution in [0.1, 0.15) is 0 Å². The van der Waals surface area contributed by atoms with Gasteiger partial charge in [0.1, 0.15) is 0 Å². The van der Waals surface area contributed by atoms with Gasteiger partial charge in [-0.25, -0.2) is 0 Å². The van der Waals surface area contributed by atoms with Crippen LogP contribution in [0.15, 0.2) is 10.3 Å². The smallest absolute Gasteiger partial charge is 0.0877 e. The summed E-state index contributed by atoms with van der Waals surface area (Å²) in [4.78, 5) is 0. The third-order valence-electron chi connectivity index (χ3n) is 0.200. The fourth-order valence-corrected chi connectivity index (χ4v) is 0.0596. The Hall–Kier alpha value is -0.554. The Balaban J connectivity index is 0. The van der Waals surface area contributed by atoms with E-state index in [0.717, 1.165) is 12.4 Å². The van der Waals surface area contributed by atoms with Crippen molar-refractivity contribution < 1.29 is 27.2 Å². The van der Waals surface area contributed by atoms with E-state index in [-0.39, 0.29) is 16.8 Å². The topological polar surface area (TPSA) is 65.2 Å². The SMILES string of the molecule is ON=CC=NO.[Co]. The van der Waals surface area contributed by atoms with Gasteiger partial charge in [-0.3, -0.25) is 0 Å². The van der Waals surface area contributed by atoms with Gasteiger partial charge in [0, 0.05) is 16.8 Å². The van der Waals surface area contributed by atoms with E-state index in [2.05, 4.69) is 10.3 Å². The summed E-state index contributed by atoms with van der Waals surface area (Å²) >= 11 is 0. The van der Waals surface area contributed by atoms with Crippen molar-refractivity contribution in [1.82, 2.24) is 0 Å². The summed E-state index contributed by atoms with van der Waals surface area (Å²) in [5.41, 5.74) is 0. The minimum atomic E-state index is 0. The maximum atomic E-state index is 7.56. The van der Waals surface area contributed by atoms with Crippen LogP contribution in [0, 0.1) is 0 Å². The minimum Gasteiger partial charge on any atom is -0.411 e. The van der Waals surface area contributed by atoms with Crippen molar-refractivity contribution in [3.63, 3.8) is 0 Å². The van der Waals surface area contributed by atoms with E-state index in [0.29, 0.717) is 0 Å². The molecule has 2 N–H and O–H groups in total. The molecule has 4 nitrogen and oxygen atoms in total. The molecule has 43 valence electrons. The van der Waals surface area contributed by atoms with Crippen molar-refractivity contribution >= 4 is 12.4 Å². The molecule has 0 unspecified atom stereocenters. The maximum Gasteiger partial charge on any atom is 0.0877 e. The first kappa shape index (κ1) is 9.67. The molecule has 0 aliphatic carbocycles. The van der Waals surface area contributed by atoms with Gasteiger partial charge in [-0.2, -0.15) is 0 Å². The van der Waals surface area contributed by atoms with E-state index in [9.17, 15) is 0 Å². The van der Waals surface area contributed by atoms with Crippen molar-refractivity contribution in [2.45, 2.75) is 0 Å². The average molecular weight is 147 g/mol. The fourth-order valence-electron chi connectivity index (χ4n) is 0.0596. The summed E-state index contributed by atoms with van der Waals surface area (Å²) in [6.07, 6.45) is 1.89. The van der Waals surface area contributed by atoms with Crippen LogP contribution in [0.2, 0.25) is 0 Å². The summed E-state index contributed by atoms with van der Waals surface area (Å²) in [5, 5.41) is 20.1. The molecule has 0 bridgehead atoms. The van der Waals surface area contributed by atoms with Gasteiger partial charge in [0.2, 0.25) is 0 Å². The fraction of sp³-hybridized carbons (Fsp3) is 0. The average Bonchev–Trinajstić information content (AvgIpc) is 1.61. The van der Waals surface area contributed by atoms with E-state index in [1.165, 1.54) is 0 Å². The molecular weight excluding hydrogens is 143 g/mol. The summed E-state index contributed by atoms with van der Waals surface area (Å²) in [5.74, 6) is 0. The largest absolute Gasteiger partial charge is 0.411 e. The molecule has 1 radical (unpaired) electrons. The van der Waals surface area contributed by atoms with E-state index in [1.807, 2.05) is 0 Å². The van der Waals surface area contributed by atoms with Gasteiger partial charge in [-0.05, 0) is 0 Å². The molecule has 0 aliphatic heterocycles. The Morgan fingerprint density at radius 1 is 1.00 bits per heavy atom. The van der Waals surface area contributed by atoms with E-state index >= 15 is 0 Å². The summed E-state index contributed by atoms with van der Waals surface area (Å²) in [6.45, 7) is 0. The number of rotatable bonds is 1. The first-order valence-electron chi connectivity index (χ1n) is 1.25. The van der Waals surface area contributed by atoms with Gasteiger partial charge in [-0.1, -0.05) is 10.3 Å². The Morgan fingerprint density at radius 3 is 1.43 bits per heavy atom. The van der Waals surface area contributed by atoms with Crippen LogP contribution in [0.5, 0.6) is 0 Å². The molecule has 5 heteroatoms. The normalized spacial score (nSPS) is 9.71. The summed E-state index contributed by atoms with van der Waals surface area (Å²) in [6, 6.07) is 0. The second kappa shape index (κ2) is 9.07. The molecule has 0 saturated carbocycles. The molecule has 0 aromatic carbocycles. The van der Waals surface area contributed by atoms with Crippen molar-refractivity contribution in [2.24, 2.45) is 10.3 Å². The van der Waals surface area contributed by atoms with Gasteiger partial charge >= 0.3 is 0 Å². The van der Waals surface area contributed by atoms with Crippen LogP contribution in [-0.2, 0) is 16.8 Å². The minimum absolute atomic E-state index is 0. The number of hydrogen-bond donors (Lipinski definition) is 2. The molecule has 7 heavy (non-hydrogen) atoms. The molecule has 0 spiro atoms. The van der Waals surface area contributed by atoms with Gasteiger partial charge in [0.25, 0.3) is 0 Å². The van der Waals surface area contributed by atoms with Crippen LogP contribution >= 0.6 is 0 Å². The second-order valence-electron chi connectivity index (χ2n) is 0.529. The molecule has 0 aromatic heterocycles. The zero-order valence-corrected chi connectivity index (χ0v) is 4.32. The molecule has 0 amide bonds. The Morgan fingerprint density at radius 2 is 1.29 bits per heavy atom. The predicted octanol–water partition coefficient (Wildman–Crippen LogP) is -0.0961. The molecule has 0 heterocycles. The van der Waals surface area contributed by atoms with E-state index in [4.69, 9.17) is 10.4 Å².